The molecule has 3 amide bonds. The number of benzene rings is 1. The van der Waals surface area contributed by atoms with Crippen LogP contribution in [0.3, 0.4) is 0 Å². The van der Waals surface area contributed by atoms with Crippen molar-refractivity contribution >= 4 is 34.2 Å². The topological polar surface area (TPSA) is 56.8 Å². The van der Waals surface area contributed by atoms with Crippen LogP contribution in [0.15, 0.2) is 47.8 Å². The Morgan fingerprint density at radius 1 is 0.833 bits per heavy atom. The van der Waals surface area contributed by atoms with Crippen LogP contribution in [-0.4, -0.2) is 70.9 Å². The van der Waals surface area contributed by atoms with Crippen molar-refractivity contribution in [1.29, 1.82) is 0 Å². The van der Waals surface area contributed by atoms with E-state index in [4.69, 9.17) is 4.98 Å². The molecule has 0 unspecified atom stereocenters. The van der Waals surface area contributed by atoms with Crippen molar-refractivity contribution < 1.29 is 9.59 Å². The monoisotopic (exact) mass is 420 g/mol. The molecular weight excluding hydrogens is 396 g/mol. The number of rotatable bonds is 2. The molecule has 0 saturated carbocycles. The molecule has 0 spiro atoms. The first-order chi connectivity index (χ1) is 14.7. The van der Waals surface area contributed by atoms with Gasteiger partial charge in [0, 0.05) is 44.7 Å². The van der Waals surface area contributed by atoms with E-state index < -0.39 is 0 Å². The Morgan fingerprint density at radius 3 is 2.27 bits per heavy atom. The van der Waals surface area contributed by atoms with E-state index in [0.29, 0.717) is 31.7 Å². The maximum absolute atomic E-state index is 13.5. The van der Waals surface area contributed by atoms with Crippen LogP contribution in [0.4, 0.5) is 4.79 Å². The van der Waals surface area contributed by atoms with Crippen LogP contribution < -0.4 is 0 Å². The number of para-hydroxylation sites is 1. The zero-order valence-corrected chi connectivity index (χ0v) is 17.6. The van der Waals surface area contributed by atoms with Gasteiger partial charge in [0.1, 0.15) is 0 Å². The van der Waals surface area contributed by atoms with Crippen LogP contribution in [0, 0.1) is 0 Å². The fraction of sp³-hybridized carbons (Fsp3) is 0.348. The summed E-state index contributed by atoms with van der Waals surface area (Å²) in [5.74, 6) is 0.0136. The highest BCUT2D eigenvalue weighted by molar-refractivity contribution is 7.13. The summed E-state index contributed by atoms with van der Waals surface area (Å²) in [6, 6.07) is 13.9. The van der Waals surface area contributed by atoms with E-state index in [1.165, 1.54) is 0 Å². The summed E-state index contributed by atoms with van der Waals surface area (Å²) in [4.78, 5) is 37.6. The van der Waals surface area contributed by atoms with Gasteiger partial charge in [-0.2, -0.15) is 0 Å². The van der Waals surface area contributed by atoms with Crippen LogP contribution in [0.5, 0.6) is 0 Å². The molecule has 2 aliphatic heterocycles. The van der Waals surface area contributed by atoms with Gasteiger partial charge in [-0.25, -0.2) is 9.78 Å². The van der Waals surface area contributed by atoms with Crippen molar-refractivity contribution in [2.75, 3.05) is 39.3 Å². The standard InChI is InChI=1S/C23H24N4O2S/c28-22(25-11-13-27(14-12-25)23(29)26-9-3-4-10-26)18-16-20(21-8-5-15-30-21)24-19-7-2-1-6-17(18)19/h1-2,5-8,15-16H,3-4,9-14H2. The first-order valence-electron chi connectivity index (χ1n) is 10.5. The molecule has 1 aromatic carbocycles. The molecule has 7 heteroatoms. The molecule has 4 heterocycles. The predicted molar refractivity (Wildman–Crippen MR) is 119 cm³/mol. The van der Waals surface area contributed by atoms with E-state index in [1.54, 1.807) is 11.3 Å². The van der Waals surface area contributed by atoms with E-state index in [0.717, 1.165) is 47.4 Å². The number of likely N-dealkylation sites (tertiary alicyclic amines) is 1. The number of carbonyl (C=O) groups excluding carboxylic acids is 2. The number of hydrogen-bond donors (Lipinski definition) is 0. The van der Waals surface area contributed by atoms with Gasteiger partial charge in [-0.05, 0) is 36.4 Å². The number of aromatic nitrogens is 1. The highest BCUT2D eigenvalue weighted by Crippen LogP contribution is 2.28. The second-order valence-corrected chi connectivity index (χ2v) is 8.75. The molecule has 6 nitrogen and oxygen atoms in total. The lowest BCUT2D eigenvalue weighted by molar-refractivity contribution is 0.0646. The first-order valence-corrected chi connectivity index (χ1v) is 11.4. The Hall–Kier alpha value is -2.93. The number of pyridine rings is 1. The van der Waals surface area contributed by atoms with Crippen LogP contribution >= 0.6 is 11.3 Å². The van der Waals surface area contributed by atoms with Crippen molar-refractivity contribution in [3.63, 3.8) is 0 Å². The molecule has 2 fully saturated rings. The van der Waals surface area contributed by atoms with Gasteiger partial charge in [0.05, 0.1) is 21.7 Å². The Labute approximate surface area is 179 Å². The van der Waals surface area contributed by atoms with Gasteiger partial charge in [-0.3, -0.25) is 4.79 Å². The maximum Gasteiger partial charge on any atom is 0.320 e. The number of hydrogen-bond acceptors (Lipinski definition) is 4. The summed E-state index contributed by atoms with van der Waals surface area (Å²) in [5.41, 5.74) is 2.34. The molecule has 3 aromatic rings. The summed E-state index contributed by atoms with van der Waals surface area (Å²) in [6.07, 6.45) is 2.18. The number of thiophene rings is 1. The number of nitrogens with zero attached hydrogens (tertiary/aromatic N) is 4. The average molecular weight is 421 g/mol. The minimum Gasteiger partial charge on any atom is -0.335 e. The minimum absolute atomic E-state index is 0.0136. The Morgan fingerprint density at radius 2 is 1.53 bits per heavy atom. The third-order valence-corrected chi connectivity index (χ3v) is 6.83. The maximum atomic E-state index is 13.5. The zero-order chi connectivity index (χ0) is 20.5. The summed E-state index contributed by atoms with van der Waals surface area (Å²) < 4.78 is 0. The smallest absolute Gasteiger partial charge is 0.320 e. The van der Waals surface area contributed by atoms with Crippen LogP contribution in [0.1, 0.15) is 23.2 Å². The van der Waals surface area contributed by atoms with Gasteiger partial charge < -0.3 is 14.7 Å². The normalized spacial score (nSPS) is 17.0. The van der Waals surface area contributed by atoms with Gasteiger partial charge >= 0.3 is 6.03 Å². The van der Waals surface area contributed by atoms with Crippen molar-refractivity contribution in [1.82, 2.24) is 19.7 Å². The molecule has 30 heavy (non-hydrogen) atoms. The summed E-state index contributed by atoms with van der Waals surface area (Å²) >= 11 is 1.62. The Kier molecular flexibility index (Phi) is 5.12. The minimum atomic E-state index is 0.0136. The lowest BCUT2D eigenvalue weighted by Crippen LogP contribution is -2.53. The fourth-order valence-electron chi connectivity index (χ4n) is 4.28. The molecule has 2 aliphatic rings. The van der Waals surface area contributed by atoms with E-state index in [1.807, 2.05) is 62.5 Å². The summed E-state index contributed by atoms with van der Waals surface area (Å²) in [5, 5.41) is 2.89. The lowest BCUT2D eigenvalue weighted by atomic mass is 10.1. The first kappa shape index (κ1) is 19.1. The zero-order valence-electron chi connectivity index (χ0n) is 16.8. The molecule has 0 N–H and O–H groups in total. The molecule has 0 radical (unpaired) electrons. The number of urea groups is 1. The van der Waals surface area contributed by atoms with Gasteiger partial charge in [-0.15, -0.1) is 11.3 Å². The van der Waals surface area contributed by atoms with Crippen molar-refractivity contribution in [3.05, 3.63) is 53.4 Å². The molecule has 0 atom stereocenters. The van der Waals surface area contributed by atoms with E-state index >= 15 is 0 Å². The number of carbonyl (C=O) groups is 2. The third-order valence-electron chi connectivity index (χ3n) is 5.93. The van der Waals surface area contributed by atoms with Gasteiger partial charge in [-0.1, -0.05) is 24.3 Å². The molecule has 5 rings (SSSR count). The largest absolute Gasteiger partial charge is 0.335 e. The molecule has 0 bridgehead atoms. The quantitative estimate of drug-likeness (QED) is 0.631. The fourth-order valence-corrected chi connectivity index (χ4v) is 4.97. The van der Waals surface area contributed by atoms with E-state index in [2.05, 4.69) is 0 Å². The van der Waals surface area contributed by atoms with Crippen molar-refractivity contribution in [3.8, 4) is 10.6 Å². The molecule has 0 aliphatic carbocycles. The van der Waals surface area contributed by atoms with E-state index in [-0.39, 0.29) is 11.9 Å². The Balaban J connectivity index is 1.38. The molecular formula is C23H24N4O2S. The second kappa shape index (κ2) is 8.07. The van der Waals surface area contributed by atoms with Crippen LogP contribution in [0.2, 0.25) is 0 Å². The second-order valence-electron chi connectivity index (χ2n) is 7.81. The summed E-state index contributed by atoms with van der Waals surface area (Å²) in [6.45, 7) is 4.00. The van der Waals surface area contributed by atoms with Gasteiger partial charge in [0.25, 0.3) is 5.91 Å². The highest BCUT2D eigenvalue weighted by Gasteiger charge is 2.29. The summed E-state index contributed by atoms with van der Waals surface area (Å²) in [7, 11) is 0. The van der Waals surface area contributed by atoms with Gasteiger partial charge in [0.2, 0.25) is 0 Å². The molecule has 154 valence electrons. The number of piperazine rings is 1. The van der Waals surface area contributed by atoms with Crippen LogP contribution in [0.25, 0.3) is 21.5 Å². The highest BCUT2D eigenvalue weighted by atomic mass is 32.1. The van der Waals surface area contributed by atoms with Crippen molar-refractivity contribution in [2.24, 2.45) is 0 Å². The molecule has 2 aromatic heterocycles. The lowest BCUT2D eigenvalue weighted by Gasteiger charge is -2.36. The average Bonchev–Trinajstić information content (AvgIpc) is 3.52. The van der Waals surface area contributed by atoms with Gasteiger partial charge in [0.15, 0.2) is 0 Å². The Bertz CT molecular complexity index is 1070. The number of amides is 3. The molecule has 2 saturated heterocycles. The third kappa shape index (κ3) is 3.54. The van der Waals surface area contributed by atoms with Crippen molar-refractivity contribution in [2.45, 2.75) is 12.8 Å². The van der Waals surface area contributed by atoms with Crippen LogP contribution in [-0.2, 0) is 0 Å². The predicted octanol–water partition coefficient (Wildman–Crippen LogP) is 3.94. The number of fused-ring (bicyclic) bond motifs is 1. The SMILES string of the molecule is O=C(c1cc(-c2cccs2)nc2ccccc12)N1CCN(C(=O)N2CCCC2)CC1. The van der Waals surface area contributed by atoms with E-state index in [9.17, 15) is 9.59 Å².